The lowest BCUT2D eigenvalue weighted by Crippen LogP contribution is -2.44. The lowest BCUT2D eigenvalue weighted by molar-refractivity contribution is -0.146. The number of nitrogens with one attached hydrogen (secondary N) is 1. The number of benzene rings is 2. The Labute approximate surface area is 276 Å². The Bertz CT molecular complexity index is 2080. The van der Waals surface area contributed by atoms with Gasteiger partial charge in [0.2, 0.25) is 11.8 Å². The van der Waals surface area contributed by atoms with Crippen LogP contribution < -0.4 is 15.3 Å². The standard InChI is InChI=1S/C30H30F2N7O9P/c1-15(27(42)45-12-16-8-9-17(31)11-19(16)32)38-49(44,48-21-7-3-6-20-18(21)5-4-10-34-20)46-13-22-24(40)30(2,43)28(47-22)39-14-35-23-25(39)36-29(33)37-26(23)41/h3-11,14-15,22,24,28,40,43H,12-13H2,1-2H3,(H,38,44)(H3,33,36,37,41)/t15-,22+,24+,28?,30+,49?/m0/s1. The Hall–Kier alpha value is -4.84. The first-order valence-electron chi connectivity index (χ1n) is 14.7. The van der Waals surface area contributed by atoms with Gasteiger partial charge in [-0.3, -0.25) is 18.9 Å². The highest BCUT2D eigenvalue weighted by molar-refractivity contribution is 7.52. The van der Waals surface area contributed by atoms with Crippen molar-refractivity contribution < 1.29 is 52.0 Å². The van der Waals surface area contributed by atoms with E-state index in [9.17, 15) is 33.5 Å². The lowest BCUT2D eigenvalue weighted by Gasteiger charge is -2.27. The summed E-state index contributed by atoms with van der Waals surface area (Å²) in [5.74, 6) is -3.43. The van der Waals surface area contributed by atoms with Crippen LogP contribution in [-0.4, -0.2) is 76.2 Å². The molecule has 3 aromatic heterocycles. The summed E-state index contributed by atoms with van der Waals surface area (Å²) in [5, 5.41) is 35.5. The molecule has 49 heavy (non-hydrogen) atoms. The quantitative estimate of drug-likeness (QED) is 0.0986. The van der Waals surface area contributed by atoms with E-state index < -0.39 is 74.5 Å². The summed E-state index contributed by atoms with van der Waals surface area (Å²) in [6.45, 7) is 1.37. The number of carbonyl (C=O) groups is 1. The Morgan fingerprint density at radius 1 is 1.20 bits per heavy atom. The fourth-order valence-corrected chi connectivity index (χ4v) is 6.74. The molecule has 0 spiro atoms. The number of ether oxygens (including phenoxy) is 2. The molecule has 0 radical (unpaired) electrons. The van der Waals surface area contributed by atoms with Gasteiger partial charge in [0.05, 0.1) is 18.5 Å². The van der Waals surface area contributed by atoms with E-state index in [1.165, 1.54) is 30.8 Å². The molecule has 1 saturated heterocycles. The highest BCUT2D eigenvalue weighted by Gasteiger charge is 2.54. The van der Waals surface area contributed by atoms with Crippen LogP contribution in [0.4, 0.5) is 14.7 Å². The molecule has 19 heteroatoms. The number of fused-ring (bicyclic) bond motifs is 2. The Balaban J connectivity index is 1.23. The lowest BCUT2D eigenvalue weighted by atomic mass is 9.96. The molecule has 0 amide bonds. The minimum absolute atomic E-state index is 0.00265. The van der Waals surface area contributed by atoms with Crippen LogP contribution in [-0.2, 0) is 30.0 Å². The molecule has 2 unspecified atom stereocenters. The van der Waals surface area contributed by atoms with Crippen molar-refractivity contribution in [2.45, 2.75) is 50.5 Å². The van der Waals surface area contributed by atoms with Crippen molar-refractivity contribution in [3.8, 4) is 11.6 Å². The van der Waals surface area contributed by atoms with Gasteiger partial charge in [-0.05, 0) is 50.2 Å². The average molecular weight is 702 g/mol. The normalized spacial score (nSPS) is 22.6. The fourth-order valence-electron chi connectivity index (χ4n) is 5.22. The van der Waals surface area contributed by atoms with Crippen LogP contribution in [0.5, 0.6) is 11.6 Å². The molecular formula is C30H30F2N7O9P. The number of hydrogen-bond donors (Lipinski definition) is 5. The maximum Gasteiger partial charge on any atom is 0.459 e. The van der Waals surface area contributed by atoms with Gasteiger partial charge in [0, 0.05) is 23.2 Å². The maximum absolute atomic E-state index is 14.3. The molecule has 5 aromatic rings. The number of anilines is 1. The van der Waals surface area contributed by atoms with Crippen LogP contribution in [0.2, 0.25) is 0 Å². The molecule has 1 aliphatic heterocycles. The first-order valence-corrected chi connectivity index (χ1v) is 16.2. The maximum atomic E-state index is 14.3. The van der Waals surface area contributed by atoms with E-state index in [0.717, 1.165) is 12.1 Å². The summed E-state index contributed by atoms with van der Waals surface area (Å²) in [6, 6.07) is 9.47. The largest absolute Gasteiger partial charge is 0.492 e. The summed E-state index contributed by atoms with van der Waals surface area (Å²) >= 11 is 0. The van der Waals surface area contributed by atoms with Gasteiger partial charge in [0.25, 0.3) is 0 Å². The molecule has 6 atom stereocenters. The fraction of sp³-hybridized carbons (Fsp3) is 0.300. The van der Waals surface area contributed by atoms with Crippen LogP contribution in [0.25, 0.3) is 22.1 Å². The molecule has 6 N–H and O–H groups in total. The van der Waals surface area contributed by atoms with Gasteiger partial charge in [-0.1, -0.05) is 6.07 Å². The number of aromatic hydroxyl groups is 1. The zero-order valence-corrected chi connectivity index (χ0v) is 26.7. The van der Waals surface area contributed by atoms with Crippen molar-refractivity contribution in [3.05, 3.63) is 78.3 Å². The first-order chi connectivity index (χ1) is 23.3. The van der Waals surface area contributed by atoms with Gasteiger partial charge < -0.3 is 35.1 Å². The molecule has 0 bridgehead atoms. The van der Waals surface area contributed by atoms with Gasteiger partial charge >= 0.3 is 13.7 Å². The zero-order chi connectivity index (χ0) is 35.1. The molecule has 258 valence electrons. The van der Waals surface area contributed by atoms with Crippen molar-refractivity contribution in [2.75, 3.05) is 12.3 Å². The minimum Gasteiger partial charge on any atom is -0.492 e. The molecule has 1 aliphatic rings. The number of esters is 1. The van der Waals surface area contributed by atoms with E-state index in [1.807, 2.05) is 0 Å². The molecule has 4 heterocycles. The summed E-state index contributed by atoms with van der Waals surface area (Å²) < 4.78 is 65.6. The SMILES string of the molecule is C[C@H](NP(=O)(OC[C@H]1OC(n2cnc3c(O)nc(N)nc32)[C@](C)(O)[C@@H]1O)Oc1cccc2ncccc12)C(=O)OCc1ccc(F)cc1F. The van der Waals surface area contributed by atoms with Crippen LogP contribution in [0.15, 0.2) is 61.1 Å². The summed E-state index contributed by atoms with van der Waals surface area (Å²) in [6.07, 6.45) is -1.60. The Morgan fingerprint density at radius 3 is 2.78 bits per heavy atom. The van der Waals surface area contributed by atoms with Gasteiger partial charge in [0.15, 0.2) is 17.4 Å². The summed E-state index contributed by atoms with van der Waals surface area (Å²) in [4.78, 5) is 28.9. The van der Waals surface area contributed by atoms with Gasteiger partial charge in [0.1, 0.15) is 47.8 Å². The highest BCUT2D eigenvalue weighted by Crippen LogP contribution is 2.48. The van der Waals surface area contributed by atoms with E-state index in [1.54, 1.807) is 30.5 Å². The first kappa shape index (κ1) is 34.0. The third kappa shape index (κ3) is 6.87. The number of carbonyl (C=O) groups excluding carboxylic acids is 1. The van der Waals surface area contributed by atoms with Crippen LogP contribution in [0, 0.1) is 11.6 Å². The number of pyridine rings is 1. The van der Waals surface area contributed by atoms with Crippen molar-refractivity contribution in [2.24, 2.45) is 0 Å². The molecule has 0 saturated carbocycles. The van der Waals surface area contributed by atoms with Gasteiger partial charge in [-0.2, -0.15) is 15.1 Å². The number of aliphatic hydroxyl groups is 2. The number of aromatic nitrogens is 5. The number of hydrogen-bond acceptors (Lipinski definition) is 14. The van der Waals surface area contributed by atoms with Crippen LogP contribution in [0.1, 0.15) is 25.6 Å². The van der Waals surface area contributed by atoms with Crippen LogP contribution >= 0.6 is 7.75 Å². The Kier molecular flexibility index (Phi) is 9.19. The third-order valence-corrected chi connectivity index (χ3v) is 9.38. The average Bonchev–Trinajstić information content (AvgIpc) is 3.56. The number of halogens is 2. The smallest absolute Gasteiger partial charge is 0.459 e. The summed E-state index contributed by atoms with van der Waals surface area (Å²) in [7, 11) is -4.58. The van der Waals surface area contributed by atoms with E-state index >= 15 is 0 Å². The van der Waals surface area contributed by atoms with Gasteiger partial charge in [-0.25, -0.2) is 18.3 Å². The Morgan fingerprint density at radius 2 is 2.00 bits per heavy atom. The monoisotopic (exact) mass is 701 g/mol. The van der Waals surface area contributed by atoms with Gasteiger partial charge in [-0.15, -0.1) is 0 Å². The highest BCUT2D eigenvalue weighted by atomic mass is 31.2. The third-order valence-electron chi connectivity index (χ3n) is 7.75. The number of nitrogens with two attached hydrogens (primary N) is 1. The van der Waals surface area contributed by atoms with Crippen molar-refractivity contribution in [1.29, 1.82) is 0 Å². The molecule has 6 rings (SSSR count). The van der Waals surface area contributed by atoms with Crippen molar-refractivity contribution in [1.82, 2.24) is 29.6 Å². The van der Waals surface area contributed by atoms with E-state index in [0.29, 0.717) is 17.0 Å². The van der Waals surface area contributed by atoms with E-state index in [-0.39, 0.29) is 28.4 Å². The van der Waals surface area contributed by atoms with Crippen LogP contribution in [0.3, 0.4) is 0 Å². The predicted octanol–water partition coefficient (Wildman–Crippen LogP) is 2.88. The topological polar surface area (TPSA) is 226 Å². The minimum atomic E-state index is -4.58. The molecule has 16 nitrogen and oxygen atoms in total. The van der Waals surface area contributed by atoms with Crippen molar-refractivity contribution >= 4 is 41.7 Å². The number of rotatable bonds is 11. The number of imidazole rings is 1. The predicted molar refractivity (Wildman–Crippen MR) is 167 cm³/mol. The van der Waals surface area contributed by atoms with E-state index in [2.05, 4.69) is 25.0 Å². The second kappa shape index (κ2) is 13.2. The second-order valence-electron chi connectivity index (χ2n) is 11.3. The molecule has 0 aliphatic carbocycles. The van der Waals surface area contributed by atoms with Crippen molar-refractivity contribution in [3.63, 3.8) is 0 Å². The molecular weight excluding hydrogens is 671 g/mol. The number of aliphatic hydroxyl groups excluding tert-OH is 1. The molecule has 2 aromatic carbocycles. The van der Waals surface area contributed by atoms with E-state index in [4.69, 9.17) is 24.3 Å². The zero-order valence-electron chi connectivity index (χ0n) is 25.8. The number of nitrogens with zero attached hydrogens (tertiary/aromatic N) is 5. The second-order valence-corrected chi connectivity index (χ2v) is 13.0. The number of nitrogen functional groups attached to an aromatic ring is 1. The molecule has 1 fully saturated rings. The summed E-state index contributed by atoms with van der Waals surface area (Å²) in [5.41, 5.74) is 4.02.